The van der Waals surface area contributed by atoms with Gasteiger partial charge < -0.3 is 14.6 Å². The molecule has 4 rings (SSSR count). The molecule has 0 aromatic heterocycles. The quantitative estimate of drug-likeness (QED) is 0.842. The highest BCUT2D eigenvalue weighted by Crippen LogP contribution is 2.33. The average molecular weight is 312 g/mol. The van der Waals surface area contributed by atoms with E-state index < -0.39 is 0 Å². The van der Waals surface area contributed by atoms with Crippen LogP contribution >= 0.6 is 0 Å². The predicted octanol–water partition coefficient (Wildman–Crippen LogP) is 4.51. The van der Waals surface area contributed by atoms with Gasteiger partial charge in [-0.1, -0.05) is 24.6 Å². The van der Waals surface area contributed by atoms with Gasteiger partial charge in [0.2, 0.25) is 0 Å². The van der Waals surface area contributed by atoms with Crippen molar-refractivity contribution in [3.05, 3.63) is 53.6 Å². The van der Waals surface area contributed by atoms with E-state index in [0.29, 0.717) is 0 Å². The van der Waals surface area contributed by atoms with Crippen LogP contribution in [0.4, 0.5) is 0 Å². The molecule has 2 aliphatic heterocycles. The number of aryl methyl sites for hydroxylation is 2. The van der Waals surface area contributed by atoms with Gasteiger partial charge in [0.05, 0.1) is 13.2 Å². The molecule has 122 valence electrons. The van der Waals surface area contributed by atoms with E-state index in [0.717, 1.165) is 61.3 Å². The Balaban J connectivity index is 1.90. The molecule has 2 heterocycles. The maximum Gasteiger partial charge on any atom is 0.169 e. The lowest BCUT2D eigenvalue weighted by molar-refractivity contribution is 0.151. The van der Waals surface area contributed by atoms with Gasteiger partial charge >= 0.3 is 0 Å². The van der Waals surface area contributed by atoms with E-state index >= 15 is 0 Å². The first-order valence-corrected chi connectivity index (χ1v) is 8.36. The third kappa shape index (κ3) is 4.26. The van der Waals surface area contributed by atoms with Crippen LogP contribution in [0.15, 0.2) is 42.5 Å². The number of fused-ring (bicyclic) bond motifs is 8. The maximum atomic E-state index is 10.1. The summed E-state index contributed by atoms with van der Waals surface area (Å²) < 4.78 is 11.4. The Hall–Kier alpha value is -2.00. The highest BCUT2D eigenvalue weighted by Gasteiger charge is 2.10. The lowest BCUT2D eigenvalue weighted by atomic mass is 10.0. The number of aliphatic hydroxyl groups excluding tert-OH is 1. The lowest BCUT2D eigenvalue weighted by Gasteiger charge is -2.13. The molecule has 1 atom stereocenters. The monoisotopic (exact) mass is 312 g/mol. The van der Waals surface area contributed by atoms with Gasteiger partial charge in [-0.2, -0.15) is 0 Å². The zero-order valence-corrected chi connectivity index (χ0v) is 13.6. The van der Waals surface area contributed by atoms with Crippen LogP contribution in [0.5, 0.6) is 17.2 Å². The lowest BCUT2D eigenvalue weighted by Crippen LogP contribution is -2.08. The molecule has 2 aromatic carbocycles. The zero-order chi connectivity index (χ0) is 16.1. The molecular formula is C20H24O3. The fourth-order valence-corrected chi connectivity index (χ4v) is 2.99. The average Bonchev–Trinajstić information content (AvgIpc) is 2.58. The van der Waals surface area contributed by atoms with Crippen LogP contribution in [0.3, 0.4) is 0 Å². The Morgan fingerprint density at radius 2 is 1.74 bits per heavy atom. The van der Waals surface area contributed by atoms with Crippen LogP contribution in [0, 0.1) is 0 Å². The summed E-state index contributed by atoms with van der Waals surface area (Å²) in [7, 11) is 1.65. The normalized spacial score (nSPS) is 18.6. The summed E-state index contributed by atoms with van der Waals surface area (Å²) in [6, 6.07) is 14.2. The van der Waals surface area contributed by atoms with Crippen molar-refractivity contribution in [2.45, 2.75) is 44.6 Å². The van der Waals surface area contributed by atoms with Crippen molar-refractivity contribution >= 4 is 0 Å². The van der Waals surface area contributed by atoms with Gasteiger partial charge in [-0.25, -0.2) is 0 Å². The minimum absolute atomic E-state index is 0.228. The van der Waals surface area contributed by atoms with E-state index in [1.165, 1.54) is 5.56 Å². The Morgan fingerprint density at radius 3 is 2.52 bits per heavy atom. The van der Waals surface area contributed by atoms with Crippen molar-refractivity contribution in [1.82, 2.24) is 0 Å². The highest BCUT2D eigenvalue weighted by molar-refractivity contribution is 5.45. The second kappa shape index (κ2) is 7.51. The SMILES string of the molecule is COc1ccc2cc1Oc1ccc(cc1)CCCC[C@@H](O)CC2. The molecule has 4 bridgehead atoms. The van der Waals surface area contributed by atoms with Crippen molar-refractivity contribution in [3.63, 3.8) is 0 Å². The van der Waals surface area contributed by atoms with Gasteiger partial charge in [-0.05, 0) is 67.5 Å². The van der Waals surface area contributed by atoms with E-state index in [9.17, 15) is 5.11 Å². The summed E-state index contributed by atoms with van der Waals surface area (Å²) in [6.45, 7) is 0. The van der Waals surface area contributed by atoms with Gasteiger partial charge in [0, 0.05) is 0 Å². The molecule has 2 aromatic rings. The molecule has 3 heteroatoms. The molecule has 0 aliphatic carbocycles. The summed E-state index contributed by atoms with van der Waals surface area (Å²) in [5, 5.41) is 10.1. The summed E-state index contributed by atoms with van der Waals surface area (Å²) in [5.41, 5.74) is 2.47. The summed E-state index contributed by atoms with van der Waals surface area (Å²) in [6.07, 6.45) is 5.50. The van der Waals surface area contributed by atoms with Crippen molar-refractivity contribution < 1.29 is 14.6 Å². The molecule has 0 unspecified atom stereocenters. The Morgan fingerprint density at radius 1 is 0.957 bits per heavy atom. The predicted molar refractivity (Wildman–Crippen MR) is 91.4 cm³/mol. The van der Waals surface area contributed by atoms with Crippen molar-refractivity contribution in [1.29, 1.82) is 0 Å². The highest BCUT2D eigenvalue weighted by atomic mass is 16.5. The molecule has 3 nitrogen and oxygen atoms in total. The fourth-order valence-electron chi connectivity index (χ4n) is 2.99. The third-order valence-electron chi connectivity index (χ3n) is 4.40. The van der Waals surface area contributed by atoms with Crippen molar-refractivity contribution in [2.75, 3.05) is 7.11 Å². The fraction of sp³-hybridized carbons (Fsp3) is 0.400. The van der Waals surface area contributed by atoms with Gasteiger partial charge in [-0.15, -0.1) is 0 Å². The molecular weight excluding hydrogens is 288 g/mol. The van der Waals surface area contributed by atoms with Crippen LogP contribution in [0.2, 0.25) is 0 Å². The first-order valence-electron chi connectivity index (χ1n) is 8.36. The molecule has 2 aliphatic rings. The second-order valence-electron chi connectivity index (χ2n) is 6.17. The van der Waals surface area contributed by atoms with E-state index in [-0.39, 0.29) is 6.10 Å². The first-order chi connectivity index (χ1) is 11.2. The van der Waals surface area contributed by atoms with Crippen LogP contribution in [-0.2, 0) is 12.8 Å². The zero-order valence-electron chi connectivity index (χ0n) is 13.6. The Labute approximate surface area is 137 Å². The Kier molecular flexibility index (Phi) is 5.19. The number of benzene rings is 2. The van der Waals surface area contributed by atoms with E-state index in [1.54, 1.807) is 7.11 Å². The molecule has 0 saturated heterocycles. The van der Waals surface area contributed by atoms with E-state index in [1.807, 2.05) is 30.3 Å². The number of hydrogen-bond acceptors (Lipinski definition) is 3. The number of methoxy groups -OCH3 is 1. The topological polar surface area (TPSA) is 38.7 Å². The maximum absolute atomic E-state index is 10.1. The molecule has 0 radical (unpaired) electrons. The van der Waals surface area contributed by atoms with Crippen LogP contribution in [0.25, 0.3) is 0 Å². The number of rotatable bonds is 1. The van der Waals surface area contributed by atoms with E-state index in [4.69, 9.17) is 9.47 Å². The molecule has 0 amide bonds. The van der Waals surface area contributed by atoms with Crippen LogP contribution in [-0.4, -0.2) is 18.3 Å². The number of aliphatic hydroxyl groups is 1. The van der Waals surface area contributed by atoms with Crippen molar-refractivity contribution in [3.8, 4) is 17.2 Å². The van der Waals surface area contributed by atoms with Crippen LogP contribution in [0.1, 0.15) is 36.8 Å². The van der Waals surface area contributed by atoms with Crippen molar-refractivity contribution in [2.24, 2.45) is 0 Å². The standard InChI is InChI=1S/C20H24O3/c1-22-19-13-9-16-6-10-17(21)5-3-2-4-15-7-11-18(12-8-15)23-20(19)14-16/h7-9,11-14,17,21H,2-6,10H2,1H3/t17-/m1/s1. The van der Waals surface area contributed by atoms with Gasteiger partial charge in [0.25, 0.3) is 0 Å². The van der Waals surface area contributed by atoms with Gasteiger partial charge in [-0.3, -0.25) is 0 Å². The number of hydrogen-bond donors (Lipinski definition) is 1. The molecule has 0 fully saturated rings. The summed E-state index contributed by atoms with van der Waals surface area (Å²) >= 11 is 0. The van der Waals surface area contributed by atoms with Crippen LogP contribution < -0.4 is 9.47 Å². The number of ether oxygens (including phenoxy) is 2. The Bertz CT molecular complexity index is 634. The summed E-state index contributed by atoms with van der Waals surface area (Å²) in [5.74, 6) is 2.27. The molecule has 23 heavy (non-hydrogen) atoms. The van der Waals surface area contributed by atoms with E-state index in [2.05, 4.69) is 12.1 Å². The second-order valence-corrected chi connectivity index (χ2v) is 6.17. The first kappa shape index (κ1) is 15.9. The smallest absolute Gasteiger partial charge is 0.169 e. The molecule has 0 saturated carbocycles. The molecule has 0 spiro atoms. The van der Waals surface area contributed by atoms with Gasteiger partial charge in [0.1, 0.15) is 5.75 Å². The van der Waals surface area contributed by atoms with Gasteiger partial charge in [0.15, 0.2) is 11.5 Å². The molecule has 1 N–H and O–H groups in total. The largest absolute Gasteiger partial charge is 0.493 e. The third-order valence-corrected chi connectivity index (χ3v) is 4.40. The minimum atomic E-state index is -0.228. The summed E-state index contributed by atoms with van der Waals surface area (Å²) in [4.78, 5) is 0. The minimum Gasteiger partial charge on any atom is -0.493 e.